The molecular weight excluding hydrogens is 551 g/mol. The zero-order chi connectivity index (χ0) is 30.5. The summed E-state index contributed by atoms with van der Waals surface area (Å²) < 4.78 is 34.0. The van der Waals surface area contributed by atoms with Gasteiger partial charge in [-0.25, -0.2) is 14.2 Å². The van der Waals surface area contributed by atoms with E-state index >= 15 is 4.39 Å². The lowest BCUT2D eigenvalue weighted by Crippen LogP contribution is -2.42. The van der Waals surface area contributed by atoms with E-state index in [-0.39, 0.29) is 23.9 Å². The van der Waals surface area contributed by atoms with Crippen LogP contribution in [0.1, 0.15) is 72.8 Å². The topological polar surface area (TPSA) is 98.9 Å². The first kappa shape index (κ1) is 30.4. The minimum Gasteiger partial charge on any atom is -0.488 e. The van der Waals surface area contributed by atoms with Gasteiger partial charge in [0.1, 0.15) is 23.7 Å². The molecule has 1 aromatic carbocycles. The summed E-state index contributed by atoms with van der Waals surface area (Å²) in [7, 11) is 1.40. The van der Waals surface area contributed by atoms with Crippen LogP contribution >= 0.6 is 0 Å². The molecule has 0 radical (unpaired) electrons. The van der Waals surface area contributed by atoms with Crippen LogP contribution in [0.15, 0.2) is 53.9 Å². The van der Waals surface area contributed by atoms with Gasteiger partial charge in [-0.05, 0) is 74.4 Å². The molecule has 228 valence electrons. The molecule has 0 amide bonds. The molecule has 0 spiro atoms. The molecule has 5 rings (SSSR count). The highest BCUT2D eigenvalue weighted by atomic mass is 19.1. The number of halogens is 1. The van der Waals surface area contributed by atoms with Crippen LogP contribution in [0.3, 0.4) is 0 Å². The van der Waals surface area contributed by atoms with Crippen molar-refractivity contribution >= 4 is 11.5 Å². The molecule has 1 saturated heterocycles. The Bertz CT molecular complexity index is 1540. The van der Waals surface area contributed by atoms with E-state index < -0.39 is 5.97 Å². The van der Waals surface area contributed by atoms with Crippen molar-refractivity contribution in [2.24, 2.45) is 0 Å². The zero-order valence-electron chi connectivity index (χ0n) is 25.2. The number of carboxylic acids is 1. The lowest BCUT2D eigenvalue weighted by atomic mass is 9.94. The second-order valence-electron chi connectivity index (χ2n) is 11.1. The molecule has 2 aliphatic heterocycles. The summed E-state index contributed by atoms with van der Waals surface area (Å²) in [5.41, 5.74) is 4.94. The Morgan fingerprint density at radius 1 is 1.23 bits per heavy atom. The molecular formula is C33H39FN4O5. The number of hydrogen-bond acceptors (Lipinski definition) is 7. The summed E-state index contributed by atoms with van der Waals surface area (Å²) in [6.07, 6.45) is 6.81. The fraction of sp³-hybridized carbons (Fsp3) is 0.424. The minimum absolute atomic E-state index is 0.0547. The lowest BCUT2D eigenvalue weighted by molar-refractivity contribution is 0.0285. The number of aromatic carboxylic acids is 1. The predicted molar refractivity (Wildman–Crippen MR) is 161 cm³/mol. The number of methoxy groups -OCH3 is 1. The summed E-state index contributed by atoms with van der Waals surface area (Å²) in [6.45, 7) is 9.28. The monoisotopic (exact) mass is 590 g/mol. The number of rotatable bonds is 10. The molecule has 0 saturated carbocycles. The van der Waals surface area contributed by atoms with Crippen molar-refractivity contribution in [2.75, 3.05) is 26.9 Å². The van der Waals surface area contributed by atoms with Crippen LogP contribution in [0, 0.1) is 5.82 Å². The molecule has 0 unspecified atom stereocenters. The van der Waals surface area contributed by atoms with Crippen molar-refractivity contribution in [3.63, 3.8) is 0 Å². The fourth-order valence-corrected chi connectivity index (χ4v) is 5.85. The molecule has 0 atom stereocenters. The predicted octanol–water partition coefficient (Wildman–Crippen LogP) is 5.95. The van der Waals surface area contributed by atoms with Gasteiger partial charge in [0, 0.05) is 43.5 Å². The van der Waals surface area contributed by atoms with Crippen LogP contribution in [0.4, 0.5) is 4.39 Å². The summed E-state index contributed by atoms with van der Waals surface area (Å²) in [4.78, 5) is 18.8. The maximum absolute atomic E-state index is 15.4. The average Bonchev–Trinajstić information content (AvgIpc) is 3.46. The first-order chi connectivity index (χ1) is 20.8. The fourth-order valence-electron chi connectivity index (χ4n) is 5.85. The highest BCUT2D eigenvalue weighted by Crippen LogP contribution is 2.31. The van der Waals surface area contributed by atoms with Crippen molar-refractivity contribution in [1.82, 2.24) is 19.7 Å². The smallest absolute Gasteiger partial charge is 0.342 e. The van der Waals surface area contributed by atoms with E-state index in [9.17, 15) is 9.90 Å². The second-order valence-corrected chi connectivity index (χ2v) is 11.1. The first-order valence-electron chi connectivity index (χ1n) is 14.8. The first-order valence-corrected chi connectivity index (χ1v) is 14.8. The Labute approximate surface area is 251 Å². The van der Waals surface area contributed by atoms with E-state index in [1.54, 1.807) is 12.1 Å². The standard InChI is InChI=1S/C33H39FN4O5/c1-5-7-25(29-8-6-9-30(36-29)38-32(41-4)26(18-35-38)33(39)40)31(21(2)3)43-20-22-16-23-10-13-37(19-27(23)28(34)17-22)24-11-14-42-15-12-24/h6-9,16-18,24H,5,10-15,19-20H2,1-4H3,(H,39,40)/b25-7-. The molecule has 9 nitrogen and oxygen atoms in total. The summed E-state index contributed by atoms with van der Waals surface area (Å²) in [5, 5.41) is 13.7. The van der Waals surface area contributed by atoms with Crippen LogP contribution in [0.2, 0.25) is 0 Å². The Kier molecular flexibility index (Phi) is 9.57. The van der Waals surface area contributed by atoms with E-state index in [1.807, 2.05) is 39.0 Å². The third kappa shape index (κ3) is 6.65. The van der Waals surface area contributed by atoms with E-state index in [0.717, 1.165) is 73.3 Å². The molecule has 0 aliphatic carbocycles. The van der Waals surface area contributed by atoms with Crippen LogP contribution < -0.4 is 4.74 Å². The van der Waals surface area contributed by atoms with Crippen LogP contribution in [-0.2, 0) is 29.0 Å². The highest BCUT2D eigenvalue weighted by Gasteiger charge is 2.27. The molecule has 1 fully saturated rings. The van der Waals surface area contributed by atoms with Gasteiger partial charge in [-0.1, -0.05) is 25.1 Å². The lowest BCUT2D eigenvalue weighted by Gasteiger charge is -2.37. The number of nitrogens with zero attached hydrogens (tertiary/aromatic N) is 4. The number of fused-ring (bicyclic) bond motifs is 1. The molecule has 2 aliphatic rings. The number of ether oxygens (including phenoxy) is 3. The van der Waals surface area contributed by atoms with E-state index in [1.165, 1.54) is 18.0 Å². The van der Waals surface area contributed by atoms with Crippen molar-refractivity contribution in [2.45, 2.75) is 65.6 Å². The number of allylic oxidation sites excluding steroid dienone is 3. The molecule has 0 bridgehead atoms. The largest absolute Gasteiger partial charge is 0.488 e. The van der Waals surface area contributed by atoms with Crippen molar-refractivity contribution in [1.29, 1.82) is 0 Å². The van der Waals surface area contributed by atoms with Gasteiger partial charge in [-0.15, -0.1) is 0 Å². The Morgan fingerprint density at radius 2 is 2.02 bits per heavy atom. The number of carbonyl (C=O) groups is 1. The Hall–Kier alpha value is -4.02. The molecule has 43 heavy (non-hydrogen) atoms. The highest BCUT2D eigenvalue weighted by molar-refractivity contribution is 5.90. The maximum Gasteiger partial charge on any atom is 0.342 e. The van der Waals surface area contributed by atoms with Gasteiger partial charge < -0.3 is 19.3 Å². The normalized spacial score (nSPS) is 16.1. The van der Waals surface area contributed by atoms with Gasteiger partial charge in [0.15, 0.2) is 5.82 Å². The third-order valence-corrected chi connectivity index (χ3v) is 7.95. The van der Waals surface area contributed by atoms with Crippen LogP contribution in [0.25, 0.3) is 11.4 Å². The molecule has 1 N–H and O–H groups in total. The van der Waals surface area contributed by atoms with Gasteiger partial charge >= 0.3 is 5.97 Å². The number of carboxylic acid groups (broad SMARTS) is 1. The van der Waals surface area contributed by atoms with Gasteiger partial charge in [-0.3, -0.25) is 4.90 Å². The van der Waals surface area contributed by atoms with Crippen molar-refractivity contribution in [3.05, 3.63) is 87.7 Å². The van der Waals surface area contributed by atoms with Crippen LogP contribution in [-0.4, -0.2) is 63.7 Å². The van der Waals surface area contributed by atoms with Crippen LogP contribution in [0.5, 0.6) is 5.88 Å². The summed E-state index contributed by atoms with van der Waals surface area (Å²) in [5.74, 6) is -0.167. The van der Waals surface area contributed by atoms with E-state index in [4.69, 9.17) is 19.2 Å². The molecule has 3 aromatic rings. The SMILES string of the molecule is CC/C=C(\C(OCc1cc(F)c2c(c1)CCN(C1CCOCC1)C2)=C(C)C)c1cccc(-n2ncc(C(=O)O)c2OC)n1. The zero-order valence-corrected chi connectivity index (χ0v) is 25.2. The Morgan fingerprint density at radius 3 is 2.72 bits per heavy atom. The van der Waals surface area contributed by atoms with Gasteiger partial charge in [0.2, 0.25) is 5.88 Å². The van der Waals surface area contributed by atoms with Gasteiger partial charge in [0.25, 0.3) is 0 Å². The second kappa shape index (κ2) is 13.5. The van der Waals surface area contributed by atoms with Gasteiger partial charge in [-0.2, -0.15) is 9.78 Å². The average molecular weight is 591 g/mol. The summed E-state index contributed by atoms with van der Waals surface area (Å²) >= 11 is 0. The van der Waals surface area contributed by atoms with Crippen molar-refractivity contribution in [3.8, 4) is 11.7 Å². The van der Waals surface area contributed by atoms with E-state index in [0.29, 0.717) is 29.9 Å². The number of hydrogen-bond donors (Lipinski definition) is 1. The Balaban J connectivity index is 1.37. The molecule has 10 heteroatoms. The molecule has 4 heterocycles. The maximum atomic E-state index is 15.4. The van der Waals surface area contributed by atoms with Gasteiger partial charge in [0.05, 0.1) is 19.0 Å². The van der Waals surface area contributed by atoms with E-state index in [2.05, 4.69) is 16.1 Å². The number of pyridine rings is 1. The minimum atomic E-state index is -1.14. The summed E-state index contributed by atoms with van der Waals surface area (Å²) in [6, 6.07) is 9.56. The quantitative estimate of drug-likeness (QED) is 0.228. The molecule has 2 aromatic heterocycles. The number of benzene rings is 1. The number of aromatic nitrogens is 3. The van der Waals surface area contributed by atoms with Crippen molar-refractivity contribution < 1.29 is 28.5 Å². The third-order valence-electron chi connectivity index (χ3n) is 7.95.